The molecule has 0 aliphatic heterocycles. The number of nitrogens with zero attached hydrogens (tertiary/aromatic N) is 2. The maximum Gasteiger partial charge on any atom is 0.101 e. The van der Waals surface area contributed by atoms with Crippen molar-refractivity contribution in [3.8, 4) is 6.07 Å². The van der Waals surface area contributed by atoms with Crippen LogP contribution in [-0.2, 0) is 5.88 Å². The highest BCUT2D eigenvalue weighted by atomic mass is 35.5. The third-order valence-electron chi connectivity index (χ3n) is 2.59. The highest BCUT2D eigenvalue weighted by Crippen LogP contribution is 2.21. The molecule has 0 aromatic heterocycles. The number of hydrogen-bond acceptors (Lipinski definition) is 2. The lowest BCUT2D eigenvalue weighted by Crippen LogP contribution is -2.19. The fraction of sp³-hybridized carbons (Fsp3) is 0.462. The van der Waals surface area contributed by atoms with E-state index in [1.807, 2.05) is 25.2 Å². The van der Waals surface area contributed by atoms with Crippen LogP contribution in [0, 0.1) is 11.3 Å². The number of unbranched alkanes of at least 4 members (excludes halogenated alkanes) is 1. The van der Waals surface area contributed by atoms with Crippen LogP contribution in [0.4, 0.5) is 5.69 Å². The first-order valence-corrected chi connectivity index (χ1v) is 6.06. The molecule has 0 saturated heterocycles. The molecular weight excluding hydrogens is 220 g/mol. The van der Waals surface area contributed by atoms with Gasteiger partial charge in [-0.05, 0) is 24.1 Å². The Balaban J connectivity index is 2.91. The van der Waals surface area contributed by atoms with E-state index < -0.39 is 0 Å². The minimum atomic E-state index is 0.452. The van der Waals surface area contributed by atoms with Crippen LogP contribution >= 0.6 is 11.6 Å². The average molecular weight is 237 g/mol. The molecule has 86 valence electrons. The molecule has 0 saturated carbocycles. The van der Waals surface area contributed by atoms with Crippen molar-refractivity contribution in [2.24, 2.45) is 0 Å². The maximum atomic E-state index is 9.09. The Bertz CT molecular complexity index is 382. The van der Waals surface area contributed by atoms with Crippen LogP contribution < -0.4 is 4.90 Å². The zero-order valence-electron chi connectivity index (χ0n) is 9.83. The number of nitriles is 1. The normalized spacial score (nSPS) is 9.88. The largest absolute Gasteiger partial charge is 0.374 e. The van der Waals surface area contributed by atoms with E-state index in [9.17, 15) is 0 Å². The molecule has 0 N–H and O–H groups in total. The zero-order chi connectivity index (χ0) is 12.0. The maximum absolute atomic E-state index is 9.09. The number of alkyl halides is 1. The summed E-state index contributed by atoms with van der Waals surface area (Å²) < 4.78 is 0. The van der Waals surface area contributed by atoms with Gasteiger partial charge in [-0.3, -0.25) is 0 Å². The van der Waals surface area contributed by atoms with Crippen molar-refractivity contribution in [3.63, 3.8) is 0 Å². The van der Waals surface area contributed by atoms with Crippen LogP contribution in [0.2, 0.25) is 0 Å². The third kappa shape index (κ3) is 3.15. The molecule has 0 fully saturated rings. The molecule has 2 nitrogen and oxygen atoms in total. The summed E-state index contributed by atoms with van der Waals surface area (Å²) in [6.45, 7) is 3.14. The van der Waals surface area contributed by atoms with Crippen molar-refractivity contribution < 1.29 is 0 Å². The smallest absolute Gasteiger partial charge is 0.101 e. The van der Waals surface area contributed by atoms with Gasteiger partial charge in [0.2, 0.25) is 0 Å². The van der Waals surface area contributed by atoms with Crippen LogP contribution in [0.25, 0.3) is 0 Å². The average Bonchev–Trinajstić information content (AvgIpc) is 2.34. The van der Waals surface area contributed by atoms with Gasteiger partial charge in [-0.25, -0.2) is 0 Å². The Morgan fingerprint density at radius 1 is 1.44 bits per heavy atom. The minimum Gasteiger partial charge on any atom is -0.374 e. The Hall–Kier alpha value is -1.20. The van der Waals surface area contributed by atoms with Crippen LogP contribution in [0.3, 0.4) is 0 Å². The van der Waals surface area contributed by atoms with Crippen molar-refractivity contribution in [2.75, 3.05) is 18.5 Å². The molecule has 0 atom stereocenters. The van der Waals surface area contributed by atoms with Crippen LogP contribution in [0.15, 0.2) is 18.2 Å². The van der Waals surface area contributed by atoms with E-state index in [1.54, 1.807) is 0 Å². The lowest BCUT2D eigenvalue weighted by Gasteiger charge is -2.20. The van der Waals surface area contributed by atoms with Gasteiger partial charge in [0, 0.05) is 19.5 Å². The molecule has 0 heterocycles. The predicted molar refractivity (Wildman–Crippen MR) is 68.9 cm³/mol. The van der Waals surface area contributed by atoms with E-state index in [1.165, 1.54) is 0 Å². The molecule has 0 radical (unpaired) electrons. The number of benzene rings is 1. The van der Waals surface area contributed by atoms with E-state index in [4.69, 9.17) is 16.9 Å². The number of hydrogen-bond donors (Lipinski definition) is 0. The topological polar surface area (TPSA) is 27.0 Å². The summed E-state index contributed by atoms with van der Waals surface area (Å²) in [5, 5.41) is 9.09. The second-order valence-electron chi connectivity index (χ2n) is 3.87. The Labute approximate surface area is 102 Å². The second kappa shape index (κ2) is 6.40. The van der Waals surface area contributed by atoms with E-state index in [2.05, 4.69) is 17.9 Å². The fourth-order valence-electron chi connectivity index (χ4n) is 1.60. The van der Waals surface area contributed by atoms with Gasteiger partial charge in [-0.2, -0.15) is 5.26 Å². The Morgan fingerprint density at radius 3 is 2.75 bits per heavy atom. The molecule has 0 unspecified atom stereocenters. The lowest BCUT2D eigenvalue weighted by atomic mass is 10.1. The van der Waals surface area contributed by atoms with Crippen molar-refractivity contribution in [1.29, 1.82) is 5.26 Å². The lowest BCUT2D eigenvalue weighted by molar-refractivity contribution is 0.766. The van der Waals surface area contributed by atoms with Crippen molar-refractivity contribution in [1.82, 2.24) is 0 Å². The summed E-state index contributed by atoms with van der Waals surface area (Å²) in [4.78, 5) is 2.13. The minimum absolute atomic E-state index is 0.452. The van der Waals surface area contributed by atoms with Gasteiger partial charge >= 0.3 is 0 Å². The molecule has 0 bridgehead atoms. The first kappa shape index (κ1) is 12.9. The van der Waals surface area contributed by atoms with Crippen molar-refractivity contribution >= 4 is 17.3 Å². The highest BCUT2D eigenvalue weighted by molar-refractivity contribution is 6.17. The predicted octanol–water partition coefficient (Wildman–Crippen LogP) is 3.53. The van der Waals surface area contributed by atoms with Gasteiger partial charge in [0.1, 0.15) is 6.07 Å². The fourth-order valence-corrected chi connectivity index (χ4v) is 1.77. The van der Waals surface area contributed by atoms with Crippen LogP contribution in [-0.4, -0.2) is 13.6 Å². The first-order valence-electron chi connectivity index (χ1n) is 5.53. The van der Waals surface area contributed by atoms with Gasteiger partial charge < -0.3 is 4.90 Å². The van der Waals surface area contributed by atoms with Crippen LogP contribution in [0.1, 0.15) is 30.9 Å². The van der Waals surface area contributed by atoms with Gasteiger partial charge in [0.05, 0.1) is 11.3 Å². The van der Waals surface area contributed by atoms with E-state index in [0.29, 0.717) is 11.4 Å². The molecule has 0 amide bonds. The Morgan fingerprint density at radius 2 is 2.19 bits per heavy atom. The third-order valence-corrected chi connectivity index (χ3v) is 2.90. The van der Waals surface area contributed by atoms with E-state index in [-0.39, 0.29) is 0 Å². The van der Waals surface area contributed by atoms with Crippen molar-refractivity contribution in [3.05, 3.63) is 29.3 Å². The molecule has 1 aromatic carbocycles. The molecule has 3 heteroatoms. The second-order valence-corrected chi connectivity index (χ2v) is 4.14. The van der Waals surface area contributed by atoms with Gasteiger partial charge in [-0.1, -0.05) is 19.4 Å². The number of halogens is 1. The summed E-state index contributed by atoms with van der Waals surface area (Å²) in [7, 11) is 2.02. The summed E-state index contributed by atoms with van der Waals surface area (Å²) in [6, 6.07) is 8.05. The van der Waals surface area contributed by atoms with Gasteiger partial charge in [0.15, 0.2) is 0 Å². The summed E-state index contributed by atoms with van der Waals surface area (Å²) >= 11 is 5.75. The van der Waals surface area contributed by atoms with Gasteiger partial charge in [-0.15, -0.1) is 11.6 Å². The van der Waals surface area contributed by atoms with E-state index in [0.717, 1.165) is 30.6 Å². The number of rotatable bonds is 5. The monoisotopic (exact) mass is 236 g/mol. The quantitative estimate of drug-likeness (QED) is 0.732. The van der Waals surface area contributed by atoms with Crippen LogP contribution in [0.5, 0.6) is 0 Å². The molecule has 0 aliphatic carbocycles. The highest BCUT2D eigenvalue weighted by Gasteiger charge is 2.07. The van der Waals surface area contributed by atoms with Gasteiger partial charge in [0.25, 0.3) is 0 Å². The van der Waals surface area contributed by atoms with Crippen molar-refractivity contribution in [2.45, 2.75) is 25.6 Å². The molecule has 1 rings (SSSR count). The molecule has 0 aliphatic rings. The first-order chi connectivity index (χ1) is 7.72. The summed E-state index contributed by atoms with van der Waals surface area (Å²) in [5.41, 5.74) is 2.69. The molecular formula is C13H17ClN2. The standard InChI is InChI=1S/C13H17ClN2/c1-3-4-7-16(2)13-6-5-11(9-14)8-12(13)10-15/h5-6,8H,3-4,7,9H2,1-2H3. The zero-order valence-corrected chi connectivity index (χ0v) is 10.6. The molecule has 1 aromatic rings. The van der Waals surface area contributed by atoms with E-state index >= 15 is 0 Å². The Kier molecular flexibility index (Phi) is 5.14. The summed E-state index contributed by atoms with van der Waals surface area (Å²) in [5.74, 6) is 0.452. The molecule has 0 spiro atoms. The SMILES string of the molecule is CCCCN(C)c1ccc(CCl)cc1C#N. The number of anilines is 1. The molecule has 16 heavy (non-hydrogen) atoms. The summed E-state index contributed by atoms with van der Waals surface area (Å²) in [6.07, 6.45) is 2.30.